The second-order valence-electron chi connectivity index (χ2n) is 4.18. The number of aliphatic hydroxyl groups is 1. The maximum absolute atomic E-state index is 10.0. The Kier molecular flexibility index (Phi) is 11.5. The summed E-state index contributed by atoms with van der Waals surface area (Å²) in [6, 6.07) is 0. The molecule has 18 heavy (non-hydrogen) atoms. The lowest BCUT2D eigenvalue weighted by Gasteiger charge is -1.93. The summed E-state index contributed by atoms with van der Waals surface area (Å²) in [6.45, 7) is 2.51. The van der Waals surface area contributed by atoms with Crippen molar-refractivity contribution in [2.45, 2.75) is 58.3 Å². The molecule has 1 rings (SSSR count). The topological polar surface area (TPSA) is 63.6 Å². The first-order valence-electron chi connectivity index (χ1n) is 6.70. The number of carbonyl (C=O) groups is 2. The number of rotatable bonds is 7. The van der Waals surface area contributed by atoms with Gasteiger partial charge in [0.25, 0.3) is 0 Å². The zero-order valence-corrected chi connectivity index (χ0v) is 11.2. The van der Waals surface area contributed by atoms with Crippen LogP contribution in [-0.4, -0.2) is 23.7 Å². The average molecular weight is 256 g/mol. The largest absolute Gasteiger partial charge is 0.396 e. The summed E-state index contributed by atoms with van der Waals surface area (Å²) in [5, 5.41) is 8.46. The van der Waals surface area contributed by atoms with E-state index in [4.69, 9.17) is 5.11 Å². The lowest BCUT2D eigenvalue weighted by Crippen LogP contribution is -1.94. The Hall–Kier alpha value is -1.16. The first kappa shape index (κ1) is 16.8. The predicted octanol–water partition coefficient (Wildman–Crippen LogP) is 2.75. The summed E-state index contributed by atoms with van der Waals surface area (Å²) in [7, 11) is 0. The van der Waals surface area contributed by atoms with Gasteiger partial charge in [0.15, 0.2) is 0 Å². The SMILES string of the molecule is CCCCCCC=CCCO.O=C1CCC(=O)O1. The van der Waals surface area contributed by atoms with Crippen LogP contribution in [0.2, 0.25) is 0 Å². The highest BCUT2D eigenvalue weighted by Crippen LogP contribution is 2.04. The first-order chi connectivity index (χ1) is 8.70. The normalized spacial score (nSPS) is 14.6. The van der Waals surface area contributed by atoms with Crippen LogP contribution in [-0.2, 0) is 14.3 Å². The van der Waals surface area contributed by atoms with Crippen LogP contribution < -0.4 is 0 Å². The zero-order chi connectivity index (χ0) is 13.6. The highest BCUT2D eigenvalue weighted by molar-refractivity contribution is 5.92. The fourth-order valence-corrected chi connectivity index (χ4v) is 1.43. The van der Waals surface area contributed by atoms with Crippen LogP contribution in [0.15, 0.2) is 12.2 Å². The van der Waals surface area contributed by atoms with Crippen LogP contribution >= 0.6 is 0 Å². The van der Waals surface area contributed by atoms with Crippen LogP contribution in [0.4, 0.5) is 0 Å². The number of esters is 2. The molecule has 0 aromatic heterocycles. The summed E-state index contributed by atoms with van der Waals surface area (Å²) >= 11 is 0. The van der Waals surface area contributed by atoms with E-state index in [1.165, 1.54) is 32.1 Å². The van der Waals surface area contributed by atoms with E-state index >= 15 is 0 Å². The van der Waals surface area contributed by atoms with Gasteiger partial charge in [0.2, 0.25) is 0 Å². The van der Waals surface area contributed by atoms with Gasteiger partial charge in [0.1, 0.15) is 0 Å². The molecule has 4 heteroatoms. The van der Waals surface area contributed by atoms with Gasteiger partial charge >= 0.3 is 11.9 Å². The van der Waals surface area contributed by atoms with E-state index in [0.717, 1.165) is 6.42 Å². The Morgan fingerprint density at radius 2 is 1.67 bits per heavy atom. The standard InChI is InChI=1S/C10H20O.C4H4O3/c1-2-3-4-5-6-7-8-9-10-11;5-3-1-2-4(6)7-3/h7-8,11H,2-6,9-10H2,1H3;1-2H2. The van der Waals surface area contributed by atoms with Gasteiger partial charge < -0.3 is 9.84 Å². The van der Waals surface area contributed by atoms with Crippen molar-refractivity contribution < 1.29 is 19.4 Å². The van der Waals surface area contributed by atoms with Crippen molar-refractivity contribution in [1.82, 2.24) is 0 Å². The molecule has 0 radical (unpaired) electrons. The Bertz CT molecular complexity index is 245. The summed E-state index contributed by atoms with van der Waals surface area (Å²) in [5.74, 6) is -0.796. The molecular formula is C14H24O4. The van der Waals surface area contributed by atoms with Crippen molar-refractivity contribution in [2.24, 2.45) is 0 Å². The molecule has 1 N–H and O–H groups in total. The van der Waals surface area contributed by atoms with Crippen LogP contribution in [0.1, 0.15) is 58.3 Å². The molecule has 0 aliphatic carbocycles. The number of hydrogen-bond acceptors (Lipinski definition) is 4. The number of allylic oxidation sites excluding steroid dienone is 1. The Morgan fingerprint density at radius 1 is 1.06 bits per heavy atom. The van der Waals surface area contributed by atoms with Gasteiger partial charge in [0.05, 0.1) is 12.8 Å². The van der Waals surface area contributed by atoms with Gasteiger partial charge in [-0.15, -0.1) is 0 Å². The second-order valence-corrected chi connectivity index (χ2v) is 4.18. The summed E-state index contributed by atoms with van der Waals surface area (Å²) in [6.07, 6.45) is 12.1. The fourth-order valence-electron chi connectivity index (χ4n) is 1.43. The molecule has 1 fully saturated rings. The highest BCUT2D eigenvalue weighted by Gasteiger charge is 2.19. The van der Waals surface area contributed by atoms with E-state index < -0.39 is 11.9 Å². The summed E-state index contributed by atoms with van der Waals surface area (Å²) in [4.78, 5) is 20.0. The molecule has 104 valence electrons. The third-order valence-electron chi connectivity index (χ3n) is 2.45. The molecule has 1 aliphatic rings. The molecule has 0 atom stereocenters. The van der Waals surface area contributed by atoms with E-state index in [1.807, 2.05) is 0 Å². The van der Waals surface area contributed by atoms with Crippen LogP contribution in [0.25, 0.3) is 0 Å². The van der Waals surface area contributed by atoms with Crippen molar-refractivity contribution in [1.29, 1.82) is 0 Å². The molecule has 1 heterocycles. The number of hydrogen-bond donors (Lipinski definition) is 1. The van der Waals surface area contributed by atoms with Gasteiger partial charge in [-0.3, -0.25) is 9.59 Å². The number of aliphatic hydroxyl groups excluding tert-OH is 1. The van der Waals surface area contributed by atoms with Crippen LogP contribution in [0, 0.1) is 0 Å². The van der Waals surface area contributed by atoms with Crippen molar-refractivity contribution in [3.8, 4) is 0 Å². The molecule has 1 saturated heterocycles. The van der Waals surface area contributed by atoms with Crippen molar-refractivity contribution in [3.63, 3.8) is 0 Å². The maximum Gasteiger partial charge on any atom is 0.314 e. The smallest absolute Gasteiger partial charge is 0.314 e. The van der Waals surface area contributed by atoms with Crippen LogP contribution in [0.3, 0.4) is 0 Å². The number of carbonyl (C=O) groups excluding carboxylic acids is 2. The van der Waals surface area contributed by atoms with Gasteiger partial charge in [-0.1, -0.05) is 38.3 Å². The van der Waals surface area contributed by atoms with Crippen molar-refractivity contribution in [3.05, 3.63) is 12.2 Å². The van der Waals surface area contributed by atoms with E-state index in [1.54, 1.807) is 0 Å². The van der Waals surface area contributed by atoms with Crippen LogP contribution in [0.5, 0.6) is 0 Å². The lowest BCUT2D eigenvalue weighted by molar-refractivity contribution is -0.151. The number of unbranched alkanes of at least 4 members (excludes halogenated alkanes) is 4. The molecule has 0 unspecified atom stereocenters. The van der Waals surface area contributed by atoms with E-state index in [9.17, 15) is 9.59 Å². The number of ether oxygens (including phenoxy) is 1. The molecule has 1 aliphatic heterocycles. The minimum Gasteiger partial charge on any atom is -0.396 e. The molecule has 0 spiro atoms. The van der Waals surface area contributed by atoms with E-state index in [0.29, 0.717) is 0 Å². The fraction of sp³-hybridized carbons (Fsp3) is 0.714. The molecule has 0 amide bonds. The van der Waals surface area contributed by atoms with Crippen molar-refractivity contribution in [2.75, 3.05) is 6.61 Å². The Labute approximate surface area is 109 Å². The minimum atomic E-state index is -0.398. The Morgan fingerprint density at radius 3 is 2.11 bits per heavy atom. The second kappa shape index (κ2) is 12.3. The predicted molar refractivity (Wildman–Crippen MR) is 69.9 cm³/mol. The summed E-state index contributed by atoms with van der Waals surface area (Å²) < 4.78 is 4.08. The van der Waals surface area contributed by atoms with Crippen molar-refractivity contribution >= 4 is 11.9 Å². The minimum absolute atomic E-state index is 0.263. The van der Waals surface area contributed by atoms with E-state index in [2.05, 4.69) is 23.8 Å². The summed E-state index contributed by atoms with van der Waals surface area (Å²) in [5.41, 5.74) is 0. The quantitative estimate of drug-likeness (QED) is 0.329. The molecular weight excluding hydrogens is 232 g/mol. The third-order valence-corrected chi connectivity index (χ3v) is 2.45. The monoisotopic (exact) mass is 256 g/mol. The highest BCUT2D eigenvalue weighted by atomic mass is 16.6. The van der Waals surface area contributed by atoms with Gasteiger partial charge in [-0.25, -0.2) is 0 Å². The lowest BCUT2D eigenvalue weighted by atomic mass is 10.1. The number of cyclic esters (lactones) is 2. The molecule has 0 bridgehead atoms. The average Bonchev–Trinajstić information content (AvgIpc) is 2.73. The van der Waals surface area contributed by atoms with E-state index in [-0.39, 0.29) is 19.4 Å². The molecule has 0 aromatic carbocycles. The van der Waals surface area contributed by atoms with Gasteiger partial charge in [-0.05, 0) is 19.3 Å². The molecule has 4 nitrogen and oxygen atoms in total. The zero-order valence-electron chi connectivity index (χ0n) is 11.2. The molecule has 0 saturated carbocycles. The maximum atomic E-state index is 10.0. The third kappa shape index (κ3) is 11.3. The van der Waals surface area contributed by atoms with Gasteiger partial charge in [-0.2, -0.15) is 0 Å². The van der Waals surface area contributed by atoms with Gasteiger partial charge in [0, 0.05) is 6.61 Å². The molecule has 0 aromatic rings. The first-order valence-corrected chi connectivity index (χ1v) is 6.70. The Balaban J connectivity index is 0.000000351.